The van der Waals surface area contributed by atoms with Crippen LogP contribution in [0.3, 0.4) is 0 Å². The highest BCUT2D eigenvalue weighted by Gasteiger charge is 2.23. The van der Waals surface area contributed by atoms with Crippen LogP contribution >= 0.6 is 11.3 Å². The number of nitrogens with one attached hydrogen (secondary N) is 2. The number of nitrogens with zero attached hydrogens (tertiary/aromatic N) is 1. The standard InChI is InChI=1S/C19H19N3O2S/c20-18-22(11-13-6-3-5-12-4-1-2-7-15(12)13)16-9-8-14(21-19(23)24)10-17(16)25-18/h1-7,14,20-21H,8-11H2,(H,23,24)/p-1. The van der Waals surface area contributed by atoms with Gasteiger partial charge in [0.05, 0.1) is 6.54 Å². The van der Waals surface area contributed by atoms with Crippen molar-refractivity contribution in [1.29, 1.82) is 5.41 Å². The van der Waals surface area contributed by atoms with E-state index < -0.39 is 6.09 Å². The van der Waals surface area contributed by atoms with E-state index >= 15 is 0 Å². The number of carboxylic acid groups (broad SMARTS) is 1. The first-order valence-electron chi connectivity index (χ1n) is 8.32. The molecule has 5 nitrogen and oxygen atoms in total. The first-order valence-corrected chi connectivity index (χ1v) is 9.13. The summed E-state index contributed by atoms with van der Waals surface area (Å²) < 4.78 is 2.07. The minimum atomic E-state index is -1.22. The van der Waals surface area contributed by atoms with Gasteiger partial charge in [0.2, 0.25) is 0 Å². The summed E-state index contributed by atoms with van der Waals surface area (Å²) >= 11 is 1.45. The quantitative estimate of drug-likeness (QED) is 0.756. The molecule has 0 radical (unpaired) electrons. The molecule has 2 aromatic carbocycles. The zero-order valence-electron chi connectivity index (χ0n) is 13.6. The van der Waals surface area contributed by atoms with Crippen LogP contribution in [0.1, 0.15) is 22.6 Å². The number of carbonyl (C=O) groups excluding carboxylic acids is 1. The van der Waals surface area contributed by atoms with E-state index in [1.54, 1.807) is 0 Å². The second-order valence-electron chi connectivity index (χ2n) is 6.37. The number of fused-ring (bicyclic) bond motifs is 2. The largest absolute Gasteiger partial charge is 0.530 e. The predicted octanol–water partition coefficient (Wildman–Crippen LogP) is 2.02. The van der Waals surface area contributed by atoms with E-state index in [1.165, 1.54) is 33.4 Å². The summed E-state index contributed by atoms with van der Waals surface area (Å²) in [6, 6.07) is 14.5. The molecule has 6 heteroatoms. The third-order valence-electron chi connectivity index (χ3n) is 4.80. The highest BCUT2D eigenvalue weighted by atomic mass is 32.1. The highest BCUT2D eigenvalue weighted by Crippen LogP contribution is 2.26. The Hall–Kier alpha value is -2.60. The Morgan fingerprint density at radius 2 is 2.08 bits per heavy atom. The Morgan fingerprint density at radius 1 is 1.28 bits per heavy atom. The Bertz CT molecular complexity index is 1000. The van der Waals surface area contributed by atoms with Gasteiger partial charge in [-0.05, 0) is 29.2 Å². The molecular weight excluding hydrogens is 334 g/mol. The van der Waals surface area contributed by atoms with Gasteiger partial charge >= 0.3 is 0 Å². The topological polar surface area (TPSA) is 80.9 Å². The van der Waals surface area contributed by atoms with Crippen LogP contribution in [0.25, 0.3) is 10.8 Å². The zero-order valence-corrected chi connectivity index (χ0v) is 14.4. The van der Waals surface area contributed by atoms with E-state index in [0.29, 0.717) is 17.8 Å². The minimum absolute atomic E-state index is 0.110. The lowest BCUT2D eigenvalue weighted by atomic mass is 9.97. The van der Waals surface area contributed by atoms with Crippen molar-refractivity contribution >= 4 is 28.2 Å². The third kappa shape index (κ3) is 3.05. The smallest absolute Gasteiger partial charge is 0.182 e. The maximum Gasteiger partial charge on any atom is 0.182 e. The van der Waals surface area contributed by atoms with E-state index in [2.05, 4.69) is 40.2 Å². The lowest BCUT2D eigenvalue weighted by Gasteiger charge is -2.25. The summed E-state index contributed by atoms with van der Waals surface area (Å²) in [5.41, 5.74) is 2.37. The average molecular weight is 352 g/mol. The van der Waals surface area contributed by atoms with Crippen molar-refractivity contribution in [3.8, 4) is 0 Å². The fraction of sp³-hybridized carbons (Fsp3) is 0.263. The molecular formula is C19H18N3O2S-. The molecule has 4 rings (SSSR count). The molecule has 25 heavy (non-hydrogen) atoms. The van der Waals surface area contributed by atoms with Crippen LogP contribution in [0, 0.1) is 5.41 Å². The predicted molar refractivity (Wildman–Crippen MR) is 95.6 cm³/mol. The van der Waals surface area contributed by atoms with Gasteiger partial charge in [0, 0.05) is 23.0 Å². The molecule has 1 heterocycles. The fourth-order valence-electron chi connectivity index (χ4n) is 3.63. The summed E-state index contributed by atoms with van der Waals surface area (Å²) in [7, 11) is 0. The molecule has 1 amide bonds. The summed E-state index contributed by atoms with van der Waals surface area (Å²) in [5.74, 6) is 0. The van der Waals surface area contributed by atoms with Crippen LogP contribution in [0.4, 0.5) is 4.79 Å². The number of thiazole rings is 1. The number of rotatable bonds is 3. The van der Waals surface area contributed by atoms with Gasteiger partial charge in [-0.15, -0.1) is 11.3 Å². The van der Waals surface area contributed by atoms with Crippen LogP contribution in [-0.2, 0) is 19.4 Å². The molecule has 0 saturated heterocycles. The van der Waals surface area contributed by atoms with Crippen molar-refractivity contribution in [2.75, 3.05) is 0 Å². The van der Waals surface area contributed by atoms with Crippen LogP contribution in [-0.4, -0.2) is 16.7 Å². The van der Waals surface area contributed by atoms with E-state index in [4.69, 9.17) is 5.41 Å². The Morgan fingerprint density at radius 3 is 2.92 bits per heavy atom. The monoisotopic (exact) mass is 352 g/mol. The first-order chi connectivity index (χ1) is 12.1. The van der Waals surface area contributed by atoms with E-state index in [-0.39, 0.29) is 6.04 Å². The number of hydrogen-bond donors (Lipinski definition) is 2. The van der Waals surface area contributed by atoms with E-state index in [0.717, 1.165) is 17.7 Å². The number of aromatic nitrogens is 1. The normalized spacial score (nSPS) is 16.6. The van der Waals surface area contributed by atoms with Crippen LogP contribution in [0.5, 0.6) is 0 Å². The summed E-state index contributed by atoms with van der Waals surface area (Å²) in [4.78, 5) is 12.4. The third-order valence-corrected chi connectivity index (χ3v) is 5.87. The van der Waals surface area contributed by atoms with Crippen molar-refractivity contribution in [1.82, 2.24) is 9.88 Å². The molecule has 2 N–H and O–H groups in total. The molecule has 1 unspecified atom stereocenters. The average Bonchev–Trinajstić information content (AvgIpc) is 2.89. The summed E-state index contributed by atoms with van der Waals surface area (Å²) in [6.07, 6.45) is 0.940. The molecule has 1 aromatic heterocycles. The van der Waals surface area contributed by atoms with Crippen molar-refractivity contribution in [3.05, 3.63) is 63.4 Å². The maximum absolute atomic E-state index is 10.8. The fourth-order valence-corrected chi connectivity index (χ4v) is 4.77. The van der Waals surface area contributed by atoms with Gasteiger partial charge in [-0.3, -0.25) is 5.41 Å². The van der Waals surface area contributed by atoms with Crippen molar-refractivity contribution in [3.63, 3.8) is 0 Å². The minimum Gasteiger partial charge on any atom is -0.530 e. The van der Waals surface area contributed by atoms with Gasteiger partial charge in [0.25, 0.3) is 0 Å². The molecule has 1 aliphatic rings. The van der Waals surface area contributed by atoms with Crippen LogP contribution in [0.15, 0.2) is 42.5 Å². The maximum atomic E-state index is 10.8. The van der Waals surface area contributed by atoms with Gasteiger partial charge in [0.15, 0.2) is 4.80 Å². The number of carbonyl (C=O) groups is 1. The number of benzene rings is 2. The Balaban J connectivity index is 1.67. The summed E-state index contributed by atoms with van der Waals surface area (Å²) in [6.45, 7) is 0.671. The van der Waals surface area contributed by atoms with Crippen molar-refractivity contribution < 1.29 is 9.90 Å². The Labute approximate surface area is 149 Å². The molecule has 0 saturated carbocycles. The number of amides is 1. The second-order valence-corrected chi connectivity index (χ2v) is 7.46. The zero-order chi connectivity index (χ0) is 17.4. The van der Waals surface area contributed by atoms with Gasteiger partial charge < -0.3 is 19.8 Å². The molecule has 1 atom stereocenters. The van der Waals surface area contributed by atoms with Gasteiger partial charge in [-0.2, -0.15) is 0 Å². The van der Waals surface area contributed by atoms with Gasteiger partial charge in [-0.25, -0.2) is 0 Å². The lowest BCUT2D eigenvalue weighted by molar-refractivity contribution is -0.251. The van der Waals surface area contributed by atoms with Crippen molar-refractivity contribution in [2.24, 2.45) is 0 Å². The molecule has 3 aromatic rings. The second kappa shape index (κ2) is 6.37. The molecule has 1 aliphatic carbocycles. The SMILES string of the molecule is N=c1sc2c(n1Cc1cccc3ccccc13)CCC(NC(=O)[O-])C2. The van der Waals surface area contributed by atoms with Gasteiger partial charge in [-0.1, -0.05) is 42.5 Å². The molecule has 0 aliphatic heterocycles. The molecule has 128 valence electrons. The number of hydrogen-bond acceptors (Lipinski definition) is 4. The van der Waals surface area contributed by atoms with Crippen LogP contribution in [0.2, 0.25) is 0 Å². The Kier molecular flexibility index (Phi) is 4.05. The molecule has 0 fully saturated rings. The van der Waals surface area contributed by atoms with E-state index in [1.807, 2.05) is 12.1 Å². The molecule has 0 bridgehead atoms. The van der Waals surface area contributed by atoms with E-state index in [9.17, 15) is 9.90 Å². The summed E-state index contributed by atoms with van der Waals surface area (Å²) in [5, 5.41) is 24.0. The lowest BCUT2D eigenvalue weighted by Crippen LogP contribution is -2.45. The first kappa shape index (κ1) is 15.9. The van der Waals surface area contributed by atoms with Gasteiger partial charge in [0.1, 0.15) is 6.09 Å². The molecule has 0 spiro atoms. The van der Waals surface area contributed by atoms with Crippen molar-refractivity contribution in [2.45, 2.75) is 31.8 Å². The highest BCUT2D eigenvalue weighted by molar-refractivity contribution is 7.09. The van der Waals surface area contributed by atoms with Crippen LogP contribution < -0.4 is 15.2 Å².